The van der Waals surface area contributed by atoms with Crippen LogP contribution in [0.25, 0.3) is 0 Å². The van der Waals surface area contributed by atoms with Gasteiger partial charge >= 0.3 is 0 Å². The number of nitrogen functional groups attached to an aromatic ring is 1. The van der Waals surface area contributed by atoms with Crippen molar-refractivity contribution in [3.8, 4) is 0 Å². The van der Waals surface area contributed by atoms with Gasteiger partial charge in [0.05, 0.1) is 11.4 Å². The molecule has 2 heterocycles. The van der Waals surface area contributed by atoms with E-state index >= 15 is 0 Å². The Bertz CT molecular complexity index is 541. The molecule has 7 heteroatoms. The molecule has 0 saturated heterocycles. The Morgan fingerprint density at radius 3 is 2.53 bits per heavy atom. The van der Waals surface area contributed by atoms with E-state index in [4.69, 9.17) is 5.73 Å². The first-order valence-electron chi connectivity index (χ1n) is 5.41. The van der Waals surface area contributed by atoms with Crippen LogP contribution in [-0.4, -0.2) is 24.5 Å². The van der Waals surface area contributed by atoms with Crippen molar-refractivity contribution in [2.24, 2.45) is 7.05 Å². The van der Waals surface area contributed by atoms with Crippen LogP contribution < -0.4 is 5.73 Å². The van der Waals surface area contributed by atoms with Crippen molar-refractivity contribution >= 4 is 17.4 Å². The molecule has 0 aliphatic rings. The van der Waals surface area contributed by atoms with E-state index in [0.717, 1.165) is 33.9 Å². The van der Waals surface area contributed by atoms with E-state index in [9.17, 15) is 0 Å². The lowest BCUT2D eigenvalue weighted by atomic mass is 10.4. The number of aryl methyl sites for hydroxylation is 3. The fraction of sp³-hybridized carbons (Fsp3) is 0.500. The molecule has 0 saturated carbocycles. The highest BCUT2D eigenvalue weighted by Gasteiger charge is 2.16. The molecule has 0 unspecified atom stereocenters. The fourth-order valence-corrected chi connectivity index (χ4v) is 2.52. The SMILES string of the molecule is CCn1nc(C)c(N)c1Sc1nnc(C)n1C. The Labute approximate surface area is 104 Å². The first-order valence-corrected chi connectivity index (χ1v) is 6.23. The van der Waals surface area contributed by atoms with Crippen LogP contribution in [0.3, 0.4) is 0 Å². The number of hydrogen-bond donors (Lipinski definition) is 1. The summed E-state index contributed by atoms with van der Waals surface area (Å²) >= 11 is 1.50. The van der Waals surface area contributed by atoms with E-state index in [1.165, 1.54) is 11.8 Å². The zero-order valence-corrected chi connectivity index (χ0v) is 11.2. The second kappa shape index (κ2) is 4.40. The summed E-state index contributed by atoms with van der Waals surface area (Å²) in [6, 6.07) is 0. The van der Waals surface area contributed by atoms with Gasteiger partial charge in [0.1, 0.15) is 10.9 Å². The molecule has 0 fully saturated rings. The van der Waals surface area contributed by atoms with Gasteiger partial charge in [-0.05, 0) is 32.5 Å². The van der Waals surface area contributed by atoms with Crippen LogP contribution in [0.2, 0.25) is 0 Å². The molecule has 0 aliphatic carbocycles. The van der Waals surface area contributed by atoms with Crippen LogP contribution in [0.4, 0.5) is 5.69 Å². The molecular formula is C10H16N6S. The zero-order valence-electron chi connectivity index (χ0n) is 10.4. The lowest BCUT2D eigenvalue weighted by molar-refractivity contribution is 0.600. The molecule has 0 atom stereocenters. The Morgan fingerprint density at radius 2 is 2.00 bits per heavy atom. The highest BCUT2D eigenvalue weighted by molar-refractivity contribution is 7.99. The first kappa shape index (κ1) is 12.0. The molecule has 92 valence electrons. The smallest absolute Gasteiger partial charge is 0.197 e. The van der Waals surface area contributed by atoms with Gasteiger partial charge in [-0.2, -0.15) is 5.10 Å². The second-order valence-corrected chi connectivity index (χ2v) is 4.77. The summed E-state index contributed by atoms with van der Waals surface area (Å²) in [6.07, 6.45) is 0. The maximum atomic E-state index is 6.02. The second-order valence-electron chi connectivity index (χ2n) is 3.81. The average Bonchev–Trinajstić information content (AvgIpc) is 2.76. The monoisotopic (exact) mass is 252 g/mol. The number of nitrogens with zero attached hydrogens (tertiary/aromatic N) is 5. The molecule has 2 aromatic rings. The van der Waals surface area contributed by atoms with Gasteiger partial charge < -0.3 is 10.3 Å². The third kappa shape index (κ3) is 2.02. The molecule has 2 rings (SSSR count). The highest BCUT2D eigenvalue weighted by Crippen LogP contribution is 2.32. The summed E-state index contributed by atoms with van der Waals surface area (Å²) in [5.41, 5.74) is 7.60. The minimum absolute atomic E-state index is 0.720. The Kier molecular flexibility index (Phi) is 3.10. The van der Waals surface area contributed by atoms with Gasteiger partial charge in [0.25, 0.3) is 0 Å². The van der Waals surface area contributed by atoms with Crippen LogP contribution >= 0.6 is 11.8 Å². The van der Waals surface area contributed by atoms with Crippen molar-refractivity contribution in [2.45, 2.75) is 37.5 Å². The first-order chi connectivity index (χ1) is 8.04. The topological polar surface area (TPSA) is 74.6 Å². The summed E-state index contributed by atoms with van der Waals surface area (Å²) in [5, 5.41) is 14.3. The van der Waals surface area contributed by atoms with Gasteiger partial charge in [0.15, 0.2) is 5.16 Å². The maximum Gasteiger partial charge on any atom is 0.197 e. The molecule has 2 aromatic heterocycles. The van der Waals surface area contributed by atoms with Gasteiger partial charge in [-0.15, -0.1) is 10.2 Å². The number of nitrogens with two attached hydrogens (primary N) is 1. The number of hydrogen-bond acceptors (Lipinski definition) is 5. The molecule has 0 aliphatic heterocycles. The molecule has 17 heavy (non-hydrogen) atoms. The average molecular weight is 252 g/mol. The van der Waals surface area contributed by atoms with Crippen LogP contribution in [-0.2, 0) is 13.6 Å². The fourth-order valence-electron chi connectivity index (χ4n) is 1.46. The minimum atomic E-state index is 0.720. The summed E-state index contributed by atoms with van der Waals surface area (Å²) in [6.45, 7) is 6.66. The third-order valence-electron chi connectivity index (χ3n) is 2.67. The minimum Gasteiger partial charge on any atom is -0.395 e. The van der Waals surface area contributed by atoms with Crippen molar-refractivity contribution in [2.75, 3.05) is 5.73 Å². The van der Waals surface area contributed by atoms with Gasteiger partial charge in [0, 0.05) is 13.6 Å². The summed E-state index contributed by atoms with van der Waals surface area (Å²) < 4.78 is 3.83. The van der Waals surface area contributed by atoms with Gasteiger partial charge in [0.2, 0.25) is 0 Å². The standard InChI is InChI=1S/C10H16N6S/c1-5-16-9(8(11)6(2)14-16)17-10-13-12-7(3)15(10)4/h5,11H2,1-4H3. The lowest BCUT2D eigenvalue weighted by Crippen LogP contribution is -2.01. The van der Waals surface area contributed by atoms with E-state index in [1.54, 1.807) is 0 Å². The Balaban J connectivity index is 2.39. The molecule has 0 amide bonds. The number of rotatable bonds is 3. The van der Waals surface area contributed by atoms with E-state index in [-0.39, 0.29) is 0 Å². The normalized spacial score (nSPS) is 11.1. The highest BCUT2D eigenvalue weighted by atomic mass is 32.2. The Hall–Kier alpha value is -1.50. The zero-order chi connectivity index (χ0) is 12.6. The van der Waals surface area contributed by atoms with Crippen molar-refractivity contribution in [1.29, 1.82) is 0 Å². The summed E-state index contributed by atoms with van der Waals surface area (Å²) in [5.74, 6) is 0.880. The maximum absolute atomic E-state index is 6.02. The molecule has 0 spiro atoms. The molecule has 0 bridgehead atoms. The summed E-state index contributed by atoms with van der Waals surface area (Å²) in [7, 11) is 1.94. The molecular weight excluding hydrogens is 236 g/mol. The van der Waals surface area contributed by atoms with Crippen LogP contribution in [0, 0.1) is 13.8 Å². The van der Waals surface area contributed by atoms with E-state index in [0.29, 0.717) is 0 Å². The van der Waals surface area contributed by atoms with Crippen molar-refractivity contribution < 1.29 is 0 Å². The van der Waals surface area contributed by atoms with Gasteiger partial charge in [-0.3, -0.25) is 4.68 Å². The van der Waals surface area contributed by atoms with Crippen LogP contribution in [0.15, 0.2) is 10.2 Å². The Morgan fingerprint density at radius 1 is 1.29 bits per heavy atom. The van der Waals surface area contributed by atoms with E-state index in [2.05, 4.69) is 15.3 Å². The molecule has 6 nitrogen and oxygen atoms in total. The van der Waals surface area contributed by atoms with Crippen LogP contribution in [0.5, 0.6) is 0 Å². The van der Waals surface area contributed by atoms with Crippen molar-refractivity contribution in [1.82, 2.24) is 24.5 Å². The molecule has 0 radical (unpaired) electrons. The predicted octanol–water partition coefficient (Wildman–Crippen LogP) is 1.38. The van der Waals surface area contributed by atoms with Crippen molar-refractivity contribution in [3.05, 3.63) is 11.5 Å². The van der Waals surface area contributed by atoms with E-state index < -0.39 is 0 Å². The van der Waals surface area contributed by atoms with Gasteiger partial charge in [-0.25, -0.2) is 0 Å². The molecule has 0 aromatic carbocycles. The summed E-state index contributed by atoms with van der Waals surface area (Å²) in [4.78, 5) is 0. The van der Waals surface area contributed by atoms with Gasteiger partial charge in [-0.1, -0.05) is 0 Å². The number of anilines is 1. The third-order valence-corrected chi connectivity index (χ3v) is 3.83. The number of aromatic nitrogens is 5. The predicted molar refractivity (Wildman–Crippen MR) is 66.9 cm³/mol. The largest absolute Gasteiger partial charge is 0.395 e. The quantitative estimate of drug-likeness (QED) is 0.893. The molecule has 2 N–H and O–H groups in total. The van der Waals surface area contributed by atoms with Crippen molar-refractivity contribution in [3.63, 3.8) is 0 Å². The van der Waals surface area contributed by atoms with Crippen LogP contribution in [0.1, 0.15) is 18.4 Å². The lowest BCUT2D eigenvalue weighted by Gasteiger charge is -2.04. The van der Waals surface area contributed by atoms with E-state index in [1.807, 2.05) is 37.1 Å².